The van der Waals surface area contributed by atoms with Gasteiger partial charge in [0.25, 0.3) is 0 Å². The van der Waals surface area contributed by atoms with Crippen molar-refractivity contribution in [3.05, 3.63) is 0 Å². The molecule has 2 N–H and O–H groups in total. The molecule has 1 atom stereocenters. The van der Waals surface area contributed by atoms with Crippen LogP contribution >= 0.6 is 0 Å². The highest BCUT2D eigenvalue weighted by Gasteiger charge is 2.00. The number of hydrogen-bond acceptors (Lipinski definition) is 3. The summed E-state index contributed by atoms with van der Waals surface area (Å²) in [6.45, 7) is 0.945. The highest BCUT2D eigenvalue weighted by Crippen LogP contribution is 2.00. The largest absolute Gasteiger partial charge is 0.394 e. The first-order valence-corrected chi connectivity index (χ1v) is 4.10. The molecule has 0 aliphatic carbocycles. The number of rotatable bonds is 6. The molecule has 0 amide bonds. The Bertz CT molecular complexity index is 86.2. The van der Waals surface area contributed by atoms with Crippen molar-refractivity contribution in [2.24, 2.45) is 0 Å². The van der Waals surface area contributed by atoms with Gasteiger partial charge in [-0.25, -0.2) is 0 Å². The van der Waals surface area contributed by atoms with E-state index in [9.17, 15) is 0 Å². The molecule has 0 bridgehead atoms. The van der Waals surface area contributed by atoms with Crippen LogP contribution in [0.3, 0.4) is 0 Å². The highest BCUT2D eigenvalue weighted by atomic mass is 16.3. The van der Waals surface area contributed by atoms with Crippen LogP contribution in [0.5, 0.6) is 0 Å². The van der Waals surface area contributed by atoms with Crippen LogP contribution < -0.4 is 0 Å². The first-order valence-electron chi connectivity index (χ1n) is 4.10. The molecule has 3 heteroatoms. The normalized spacial score (nSPS) is 13.9. The monoisotopic (exact) mass is 161 g/mol. The molecule has 0 aromatic carbocycles. The molecule has 11 heavy (non-hydrogen) atoms. The summed E-state index contributed by atoms with van der Waals surface area (Å²) >= 11 is 0. The number of unbranched alkanes of at least 4 members (excludes halogenated alkanes) is 1. The molecule has 0 saturated heterocycles. The number of aliphatic hydroxyl groups is 2. The fourth-order valence-corrected chi connectivity index (χ4v) is 0.899. The summed E-state index contributed by atoms with van der Waals surface area (Å²) in [5, 5.41) is 17.4. The van der Waals surface area contributed by atoms with Gasteiger partial charge in [0.05, 0.1) is 12.7 Å². The summed E-state index contributed by atoms with van der Waals surface area (Å²) < 4.78 is 0. The number of hydrogen-bond donors (Lipinski definition) is 2. The van der Waals surface area contributed by atoms with E-state index in [-0.39, 0.29) is 6.61 Å². The third-order valence-electron chi connectivity index (χ3n) is 1.60. The summed E-state index contributed by atoms with van der Waals surface area (Å²) in [5.74, 6) is 0. The molecule has 3 nitrogen and oxygen atoms in total. The lowest BCUT2D eigenvalue weighted by molar-refractivity contribution is 0.0856. The van der Waals surface area contributed by atoms with Gasteiger partial charge < -0.3 is 15.1 Å². The van der Waals surface area contributed by atoms with Crippen molar-refractivity contribution in [1.29, 1.82) is 0 Å². The second-order valence-electron chi connectivity index (χ2n) is 3.14. The molecular formula is C8H19NO2. The Hall–Kier alpha value is -0.120. The molecule has 0 heterocycles. The maximum atomic E-state index is 8.96. The van der Waals surface area contributed by atoms with Gasteiger partial charge in [-0.15, -0.1) is 0 Å². The third kappa shape index (κ3) is 7.78. The van der Waals surface area contributed by atoms with E-state index in [1.807, 2.05) is 14.1 Å². The van der Waals surface area contributed by atoms with E-state index in [0.717, 1.165) is 19.4 Å². The zero-order valence-corrected chi connectivity index (χ0v) is 7.45. The van der Waals surface area contributed by atoms with Crippen molar-refractivity contribution in [3.8, 4) is 0 Å². The molecule has 0 fully saturated rings. The van der Waals surface area contributed by atoms with Gasteiger partial charge >= 0.3 is 0 Å². The van der Waals surface area contributed by atoms with E-state index in [1.54, 1.807) is 0 Å². The van der Waals surface area contributed by atoms with E-state index in [4.69, 9.17) is 10.2 Å². The molecule has 0 saturated carbocycles. The Kier molecular flexibility index (Phi) is 6.51. The van der Waals surface area contributed by atoms with E-state index < -0.39 is 6.10 Å². The molecule has 0 aliphatic rings. The Morgan fingerprint density at radius 2 is 1.91 bits per heavy atom. The molecule has 68 valence electrons. The van der Waals surface area contributed by atoms with Crippen LogP contribution in [-0.4, -0.2) is 48.5 Å². The maximum absolute atomic E-state index is 8.96. The summed E-state index contributed by atoms with van der Waals surface area (Å²) in [6, 6.07) is 0. The third-order valence-corrected chi connectivity index (χ3v) is 1.60. The van der Waals surface area contributed by atoms with E-state index in [0.29, 0.717) is 6.42 Å². The average Bonchev–Trinajstić information content (AvgIpc) is 1.97. The molecule has 0 spiro atoms. The Morgan fingerprint density at radius 1 is 1.27 bits per heavy atom. The van der Waals surface area contributed by atoms with Gasteiger partial charge in [-0.3, -0.25) is 0 Å². The van der Waals surface area contributed by atoms with Crippen LogP contribution in [0.2, 0.25) is 0 Å². The van der Waals surface area contributed by atoms with Crippen molar-refractivity contribution in [2.45, 2.75) is 25.4 Å². The van der Waals surface area contributed by atoms with Crippen molar-refractivity contribution in [1.82, 2.24) is 4.90 Å². The van der Waals surface area contributed by atoms with Crippen molar-refractivity contribution < 1.29 is 10.2 Å². The van der Waals surface area contributed by atoms with Crippen molar-refractivity contribution >= 4 is 0 Å². The second-order valence-corrected chi connectivity index (χ2v) is 3.14. The first-order chi connectivity index (χ1) is 5.16. The topological polar surface area (TPSA) is 43.7 Å². The molecular weight excluding hydrogens is 142 g/mol. The van der Waals surface area contributed by atoms with Gasteiger partial charge in [0, 0.05) is 0 Å². The van der Waals surface area contributed by atoms with Gasteiger partial charge in [0.15, 0.2) is 0 Å². The SMILES string of the molecule is CN(C)CCCC[C@@H](O)CO. The number of nitrogens with zero attached hydrogens (tertiary/aromatic N) is 1. The van der Waals surface area contributed by atoms with Gasteiger partial charge in [-0.05, 0) is 39.9 Å². The molecule has 0 aromatic rings. The standard InChI is InChI=1S/C8H19NO2/c1-9(2)6-4-3-5-8(11)7-10/h8,10-11H,3-7H2,1-2H3/t8-/m1/s1. The quantitative estimate of drug-likeness (QED) is 0.542. The van der Waals surface area contributed by atoms with Gasteiger partial charge in [-0.1, -0.05) is 0 Å². The van der Waals surface area contributed by atoms with Crippen molar-refractivity contribution in [2.75, 3.05) is 27.2 Å². The predicted octanol–water partition coefficient (Wildman–Crippen LogP) is 0.0715. The Balaban J connectivity index is 3.01. The highest BCUT2D eigenvalue weighted by molar-refractivity contribution is 4.53. The zero-order chi connectivity index (χ0) is 8.69. The fourth-order valence-electron chi connectivity index (χ4n) is 0.899. The van der Waals surface area contributed by atoms with Crippen LogP contribution in [-0.2, 0) is 0 Å². The minimum atomic E-state index is -0.517. The van der Waals surface area contributed by atoms with E-state index in [2.05, 4.69) is 4.90 Å². The van der Waals surface area contributed by atoms with Crippen LogP contribution in [0.25, 0.3) is 0 Å². The van der Waals surface area contributed by atoms with Gasteiger partial charge in [0.2, 0.25) is 0 Å². The lowest BCUT2D eigenvalue weighted by Gasteiger charge is -2.10. The molecule has 0 radical (unpaired) electrons. The summed E-state index contributed by atoms with van der Waals surface area (Å²) in [6.07, 6.45) is 2.27. The van der Waals surface area contributed by atoms with Crippen molar-refractivity contribution in [3.63, 3.8) is 0 Å². The Morgan fingerprint density at radius 3 is 2.36 bits per heavy atom. The van der Waals surface area contributed by atoms with Gasteiger partial charge in [-0.2, -0.15) is 0 Å². The summed E-state index contributed by atoms with van der Waals surface area (Å²) in [5.41, 5.74) is 0. The van der Waals surface area contributed by atoms with E-state index >= 15 is 0 Å². The van der Waals surface area contributed by atoms with Gasteiger partial charge in [0.1, 0.15) is 0 Å². The Labute approximate surface area is 68.6 Å². The molecule has 0 rings (SSSR count). The second kappa shape index (κ2) is 6.58. The number of aliphatic hydroxyl groups excluding tert-OH is 2. The average molecular weight is 161 g/mol. The fraction of sp³-hybridized carbons (Fsp3) is 1.00. The molecule has 0 aliphatic heterocycles. The maximum Gasteiger partial charge on any atom is 0.0770 e. The minimum absolute atomic E-state index is 0.109. The van der Waals surface area contributed by atoms with Crippen LogP contribution in [0.15, 0.2) is 0 Å². The lowest BCUT2D eigenvalue weighted by atomic mass is 10.1. The van der Waals surface area contributed by atoms with Crippen LogP contribution in [0, 0.1) is 0 Å². The van der Waals surface area contributed by atoms with Crippen LogP contribution in [0.4, 0.5) is 0 Å². The predicted molar refractivity (Wildman–Crippen MR) is 45.5 cm³/mol. The minimum Gasteiger partial charge on any atom is -0.394 e. The first kappa shape index (κ1) is 10.9. The lowest BCUT2D eigenvalue weighted by Crippen LogP contribution is -2.15. The van der Waals surface area contributed by atoms with E-state index in [1.165, 1.54) is 0 Å². The van der Waals surface area contributed by atoms with Crippen LogP contribution in [0.1, 0.15) is 19.3 Å². The molecule has 0 aromatic heterocycles. The summed E-state index contributed by atoms with van der Waals surface area (Å²) in [4.78, 5) is 2.12. The smallest absolute Gasteiger partial charge is 0.0770 e. The molecule has 0 unspecified atom stereocenters. The summed E-state index contributed by atoms with van der Waals surface area (Å²) in [7, 11) is 4.06. The zero-order valence-electron chi connectivity index (χ0n) is 7.45.